The first-order chi connectivity index (χ1) is 7.58. The van der Waals surface area contributed by atoms with Gasteiger partial charge in [-0.05, 0) is 6.07 Å². The largest absolute Gasteiger partial charge is 0.295 e. The van der Waals surface area contributed by atoms with Crippen LogP contribution in [0.25, 0.3) is 11.3 Å². The highest BCUT2D eigenvalue weighted by atomic mass is 35.5. The Kier molecular flexibility index (Phi) is 2.57. The molecule has 0 spiro atoms. The molecule has 0 fully saturated rings. The summed E-state index contributed by atoms with van der Waals surface area (Å²) in [7, 11) is 1.72. The molecule has 0 amide bonds. The normalized spacial score (nSPS) is 10.4. The summed E-state index contributed by atoms with van der Waals surface area (Å²) in [5.74, 6) is 0. The van der Waals surface area contributed by atoms with Gasteiger partial charge in [-0.3, -0.25) is 14.8 Å². The number of aromatic nitrogens is 3. The molecular weight excluding hydrogens is 232 g/mol. The second-order valence-corrected chi connectivity index (χ2v) is 3.55. The Balaban J connectivity index is 2.62. The minimum absolute atomic E-state index is 0.0857. The SMILES string of the molecule is Cn1cc(-c2nc(Cl)ccc2[N+](=O)[O-])cn1. The highest BCUT2D eigenvalue weighted by molar-refractivity contribution is 6.29. The van der Waals surface area contributed by atoms with Crippen molar-refractivity contribution in [2.24, 2.45) is 7.05 Å². The average Bonchev–Trinajstić information content (AvgIpc) is 2.64. The van der Waals surface area contributed by atoms with Gasteiger partial charge < -0.3 is 0 Å². The van der Waals surface area contributed by atoms with Crippen LogP contribution in [0.1, 0.15) is 0 Å². The molecule has 82 valence electrons. The molecule has 0 aliphatic rings. The molecule has 2 heterocycles. The quantitative estimate of drug-likeness (QED) is 0.456. The summed E-state index contributed by atoms with van der Waals surface area (Å²) in [6.45, 7) is 0. The highest BCUT2D eigenvalue weighted by Crippen LogP contribution is 2.28. The number of nitrogens with zero attached hydrogens (tertiary/aromatic N) is 4. The van der Waals surface area contributed by atoms with Gasteiger partial charge in [0.05, 0.1) is 11.1 Å². The topological polar surface area (TPSA) is 73.8 Å². The van der Waals surface area contributed by atoms with Crippen molar-refractivity contribution in [3.8, 4) is 11.3 Å². The van der Waals surface area contributed by atoms with Crippen LogP contribution in [0.5, 0.6) is 0 Å². The molecule has 0 aliphatic heterocycles. The van der Waals surface area contributed by atoms with Crippen LogP contribution < -0.4 is 0 Å². The molecule has 0 bridgehead atoms. The Morgan fingerprint density at radius 2 is 2.25 bits per heavy atom. The Morgan fingerprint density at radius 3 is 2.81 bits per heavy atom. The lowest BCUT2D eigenvalue weighted by molar-refractivity contribution is -0.384. The van der Waals surface area contributed by atoms with Crippen molar-refractivity contribution in [2.45, 2.75) is 0 Å². The molecule has 7 heteroatoms. The molecule has 0 aliphatic carbocycles. The fourth-order valence-electron chi connectivity index (χ4n) is 1.33. The van der Waals surface area contributed by atoms with Gasteiger partial charge in [0.15, 0.2) is 5.69 Å². The molecule has 0 aromatic carbocycles. The van der Waals surface area contributed by atoms with Gasteiger partial charge in [0.1, 0.15) is 5.15 Å². The fourth-order valence-corrected chi connectivity index (χ4v) is 1.48. The zero-order chi connectivity index (χ0) is 11.7. The van der Waals surface area contributed by atoms with Crippen LogP contribution >= 0.6 is 11.6 Å². The maximum absolute atomic E-state index is 10.8. The van der Waals surface area contributed by atoms with Crippen LogP contribution in [0.3, 0.4) is 0 Å². The summed E-state index contributed by atoms with van der Waals surface area (Å²) < 4.78 is 1.54. The molecule has 2 rings (SSSR count). The molecule has 16 heavy (non-hydrogen) atoms. The highest BCUT2D eigenvalue weighted by Gasteiger charge is 2.18. The van der Waals surface area contributed by atoms with Crippen molar-refractivity contribution in [3.05, 3.63) is 39.8 Å². The van der Waals surface area contributed by atoms with E-state index >= 15 is 0 Å². The zero-order valence-corrected chi connectivity index (χ0v) is 9.05. The number of hydrogen-bond acceptors (Lipinski definition) is 4. The van der Waals surface area contributed by atoms with Crippen molar-refractivity contribution in [1.29, 1.82) is 0 Å². The second-order valence-electron chi connectivity index (χ2n) is 3.16. The third-order valence-corrected chi connectivity index (χ3v) is 2.23. The van der Waals surface area contributed by atoms with Crippen molar-refractivity contribution < 1.29 is 4.92 Å². The van der Waals surface area contributed by atoms with Crippen LogP contribution in [0.15, 0.2) is 24.5 Å². The number of pyridine rings is 1. The van der Waals surface area contributed by atoms with Gasteiger partial charge in [-0.15, -0.1) is 0 Å². The lowest BCUT2D eigenvalue weighted by Gasteiger charge is -1.99. The predicted octanol–water partition coefficient (Wildman–Crippen LogP) is 2.04. The van der Waals surface area contributed by atoms with Gasteiger partial charge >= 0.3 is 0 Å². The van der Waals surface area contributed by atoms with E-state index < -0.39 is 4.92 Å². The average molecular weight is 239 g/mol. The molecule has 0 saturated carbocycles. The molecule has 0 unspecified atom stereocenters. The minimum atomic E-state index is -0.494. The minimum Gasteiger partial charge on any atom is -0.275 e. The molecule has 0 atom stereocenters. The van der Waals surface area contributed by atoms with E-state index in [0.717, 1.165) is 0 Å². The fraction of sp³-hybridized carbons (Fsp3) is 0.111. The maximum atomic E-state index is 10.8. The van der Waals surface area contributed by atoms with Crippen LogP contribution in [0.2, 0.25) is 5.15 Å². The van der Waals surface area contributed by atoms with Crippen LogP contribution in [0, 0.1) is 10.1 Å². The molecule has 0 saturated heterocycles. The summed E-state index contributed by atoms with van der Waals surface area (Å²) in [4.78, 5) is 14.3. The molecule has 2 aromatic heterocycles. The lowest BCUT2D eigenvalue weighted by atomic mass is 10.2. The van der Waals surface area contributed by atoms with Gasteiger partial charge in [0.2, 0.25) is 0 Å². The number of rotatable bonds is 2. The Bertz CT molecular complexity index is 552. The summed E-state index contributed by atoms with van der Waals surface area (Å²) >= 11 is 5.72. The predicted molar refractivity (Wildman–Crippen MR) is 58.1 cm³/mol. The second kappa shape index (κ2) is 3.90. The first-order valence-electron chi connectivity index (χ1n) is 4.38. The number of hydrogen-bond donors (Lipinski definition) is 0. The van der Waals surface area contributed by atoms with E-state index in [9.17, 15) is 10.1 Å². The molecule has 2 aromatic rings. The van der Waals surface area contributed by atoms with Gasteiger partial charge in [-0.2, -0.15) is 5.10 Å². The van der Waals surface area contributed by atoms with Crippen LogP contribution in [-0.4, -0.2) is 19.7 Å². The van der Waals surface area contributed by atoms with Crippen molar-refractivity contribution in [3.63, 3.8) is 0 Å². The van der Waals surface area contributed by atoms with E-state index in [-0.39, 0.29) is 16.5 Å². The van der Waals surface area contributed by atoms with Crippen LogP contribution in [0.4, 0.5) is 5.69 Å². The van der Waals surface area contributed by atoms with Gasteiger partial charge in [-0.1, -0.05) is 11.6 Å². The summed E-state index contributed by atoms with van der Waals surface area (Å²) in [6, 6.07) is 2.72. The molecular formula is C9H7ClN4O2. The van der Waals surface area contributed by atoms with Gasteiger partial charge in [-0.25, -0.2) is 4.98 Å². The Hall–Kier alpha value is -1.95. The number of aryl methyl sites for hydroxylation is 1. The lowest BCUT2D eigenvalue weighted by Crippen LogP contribution is -1.94. The van der Waals surface area contributed by atoms with Gasteiger partial charge in [0, 0.05) is 24.9 Å². The monoisotopic (exact) mass is 238 g/mol. The molecule has 0 N–H and O–H groups in total. The summed E-state index contributed by atoms with van der Waals surface area (Å²) in [5, 5.41) is 15.0. The maximum Gasteiger partial charge on any atom is 0.295 e. The summed E-state index contributed by atoms with van der Waals surface area (Å²) in [6.07, 6.45) is 3.15. The Morgan fingerprint density at radius 1 is 1.50 bits per heavy atom. The van der Waals surface area contributed by atoms with Crippen molar-refractivity contribution in [1.82, 2.24) is 14.8 Å². The van der Waals surface area contributed by atoms with E-state index in [4.69, 9.17) is 11.6 Å². The molecule has 0 radical (unpaired) electrons. The smallest absolute Gasteiger partial charge is 0.275 e. The number of halogens is 1. The van der Waals surface area contributed by atoms with Gasteiger partial charge in [0.25, 0.3) is 5.69 Å². The van der Waals surface area contributed by atoms with Crippen molar-refractivity contribution in [2.75, 3.05) is 0 Å². The van der Waals surface area contributed by atoms with E-state index in [2.05, 4.69) is 10.1 Å². The van der Waals surface area contributed by atoms with Crippen LogP contribution in [-0.2, 0) is 7.05 Å². The van der Waals surface area contributed by atoms with Crippen molar-refractivity contribution >= 4 is 17.3 Å². The first kappa shape index (κ1) is 10.6. The van der Waals surface area contributed by atoms with E-state index in [0.29, 0.717) is 5.56 Å². The molecule has 6 nitrogen and oxygen atoms in total. The first-order valence-corrected chi connectivity index (χ1v) is 4.75. The number of nitro groups is 1. The Labute approximate surface area is 95.6 Å². The van der Waals surface area contributed by atoms with E-state index in [1.54, 1.807) is 17.9 Å². The zero-order valence-electron chi connectivity index (χ0n) is 8.29. The van der Waals surface area contributed by atoms with E-state index in [1.165, 1.54) is 18.3 Å². The third kappa shape index (κ3) is 1.87. The summed E-state index contributed by atoms with van der Waals surface area (Å²) in [5.41, 5.74) is 0.708. The third-order valence-electron chi connectivity index (χ3n) is 2.01. The standard InChI is InChI=1S/C9H7ClN4O2/c1-13-5-6(4-11-13)9-7(14(15)16)2-3-8(10)12-9/h2-5H,1H3. The van der Waals surface area contributed by atoms with E-state index in [1.807, 2.05) is 0 Å².